The summed E-state index contributed by atoms with van der Waals surface area (Å²) < 4.78 is 25.9. The molecule has 0 saturated carbocycles. The number of nitrogens with one attached hydrogen (secondary N) is 2. The van der Waals surface area contributed by atoms with Crippen molar-refractivity contribution in [2.24, 2.45) is 5.73 Å². The zero-order chi connectivity index (χ0) is 24.0. The lowest BCUT2D eigenvalue weighted by molar-refractivity contribution is -0.136. The van der Waals surface area contributed by atoms with Gasteiger partial charge in [-0.25, -0.2) is 8.42 Å². The number of nitrogens with two attached hydrogens (primary N) is 1. The predicted octanol–water partition coefficient (Wildman–Crippen LogP) is 1.05. The van der Waals surface area contributed by atoms with Crippen molar-refractivity contribution in [2.75, 3.05) is 48.6 Å². The molecule has 0 spiro atoms. The number of piperazine rings is 1. The minimum atomic E-state index is -3.42. The Balaban J connectivity index is 1.69. The van der Waals surface area contributed by atoms with Gasteiger partial charge >= 0.3 is 0 Å². The highest BCUT2D eigenvalue weighted by atomic mass is 35.5. The number of benzene rings is 2. The van der Waals surface area contributed by atoms with Crippen molar-refractivity contribution in [1.29, 1.82) is 0 Å². The van der Waals surface area contributed by atoms with Gasteiger partial charge in [-0.05, 0) is 29.8 Å². The van der Waals surface area contributed by atoms with Gasteiger partial charge < -0.3 is 20.9 Å². The number of halogens is 1. The van der Waals surface area contributed by atoms with E-state index in [0.717, 1.165) is 17.5 Å². The average molecular weight is 494 g/mol. The van der Waals surface area contributed by atoms with Crippen molar-refractivity contribution in [2.45, 2.75) is 12.5 Å². The third kappa shape index (κ3) is 7.08. The van der Waals surface area contributed by atoms with Crippen molar-refractivity contribution >= 4 is 44.8 Å². The summed E-state index contributed by atoms with van der Waals surface area (Å²) in [4.78, 5) is 28.9. The second-order valence-electron chi connectivity index (χ2n) is 7.86. The van der Waals surface area contributed by atoms with Crippen LogP contribution in [0, 0.1) is 0 Å². The summed E-state index contributed by atoms with van der Waals surface area (Å²) in [6.07, 6.45) is 1.43. The van der Waals surface area contributed by atoms with Gasteiger partial charge in [-0.1, -0.05) is 35.9 Å². The molecule has 0 radical (unpaired) electrons. The van der Waals surface area contributed by atoms with Crippen LogP contribution in [0.25, 0.3) is 0 Å². The monoisotopic (exact) mass is 493 g/mol. The highest BCUT2D eigenvalue weighted by Gasteiger charge is 2.29. The molecule has 1 saturated heterocycles. The summed E-state index contributed by atoms with van der Waals surface area (Å²) in [6, 6.07) is 13.5. The maximum absolute atomic E-state index is 13.3. The SMILES string of the molecule is CS(=O)(=O)Nc1ccccc1N1CCN(C(=O)[C@@H](Cc2ccc(Cl)cc2)NC(=O)CN)CC1. The molecule has 33 heavy (non-hydrogen) atoms. The smallest absolute Gasteiger partial charge is 0.245 e. The van der Waals surface area contributed by atoms with Gasteiger partial charge in [0, 0.05) is 37.6 Å². The number of hydrogen-bond acceptors (Lipinski definition) is 6. The van der Waals surface area contributed by atoms with Crippen molar-refractivity contribution in [1.82, 2.24) is 10.2 Å². The Morgan fingerprint density at radius 2 is 1.70 bits per heavy atom. The largest absolute Gasteiger partial charge is 0.366 e. The fraction of sp³-hybridized carbons (Fsp3) is 0.364. The summed E-state index contributed by atoms with van der Waals surface area (Å²) in [7, 11) is -3.42. The standard InChI is InChI=1S/C22H28ClN5O4S/c1-33(31,32)26-18-4-2-3-5-20(18)27-10-12-28(13-11-27)22(30)19(25-21(29)15-24)14-16-6-8-17(23)9-7-16/h2-9,19,26H,10-15,24H2,1H3,(H,25,29)/t19-/m1/s1. The molecule has 0 aliphatic carbocycles. The van der Waals surface area contributed by atoms with E-state index in [0.29, 0.717) is 43.3 Å². The number of nitrogens with zero attached hydrogens (tertiary/aromatic N) is 2. The molecule has 1 heterocycles. The minimum Gasteiger partial charge on any atom is -0.366 e. The average Bonchev–Trinajstić information content (AvgIpc) is 2.79. The molecule has 2 aromatic carbocycles. The molecule has 2 aromatic rings. The van der Waals surface area contributed by atoms with Crippen LogP contribution >= 0.6 is 11.6 Å². The summed E-state index contributed by atoms with van der Waals surface area (Å²) in [6.45, 7) is 1.70. The van der Waals surface area contributed by atoms with Gasteiger partial charge in [0.15, 0.2) is 0 Å². The Kier molecular flexibility index (Phi) is 8.17. The summed E-state index contributed by atoms with van der Waals surface area (Å²) in [5.41, 5.74) is 7.56. The van der Waals surface area contributed by atoms with Gasteiger partial charge in [-0.3, -0.25) is 14.3 Å². The van der Waals surface area contributed by atoms with Gasteiger partial charge in [-0.2, -0.15) is 0 Å². The van der Waals surface area contributed by atoms with E-state index < -0.39 is 22.0 Å². The molecule has 9 nitrogen and oxygen atoms in total. The molecule has 1 aliphatic heterocycles. The number of amides is 2. The molecular formula is C22H28ClN5O4S. The third-order valence-corrected chi connectivity index (χ3v) is 6.15. The maximum Gasteiger partial charge on any atom is 0.245 e. The van der Waals surface area contributed by atoms with Crippen molar-refractivity contribution < 1.29 is 18.0 Å². The topological polar surface area (TPSA) is 125 Å². The van der Waals surface area contributed by atoms with Crippen LogP contribution in [0.1, 0.15) is 5.56 Å². The molecular weight excluding hydrogens is 466 g/mol. The van der Waals surface area contributed by atoms with Gasteiger partial charge in [-0.15, -0.1) is 0 Å². The highest BCUT2D eigenvalue weighted by molar-refractivity contribution is 7.92. The van der Waals surface area contributed by atoms with Crippen LogP contribution in [0.15, 0.2) is 48.5 Å². The highest BCUT2D eigenvalue weighted by Crippen LogP contribution is 2.27. The fourth-order valence-electron chi connectivity index (χ4n) is 3.73. The van der Waals surface area contributed by atoms with Crippen LogP contribution in [0.2, 0.25) is 5.02 Å². The summed E-state index contributed by atoms with van der Waals surface area (Å²) in [5, 5.41) is 3.32. The van der Waals surface area contributed by atoms with Crippen molar-refractivity contribution in [3.05, 3.63) is 59.1 Å². The molecule has 0 aromatic heterocycles. The first-order valence-electron chi connectivity index (χ1n) is 10.5. The molecule has 2 amide bonds. The van der Waals surface area contributed by atoms with E-state index in [1.54, 1.807) is 29.2 Å². The predicted molar refractivity (Wildman–Crippen MR) is 130 cm³/mol. The molecule has 1 aliphatic rings. The second kappa shape index (κ2) is 10.9. The maximum atomic E-state index is 13.3. The number of carbonyl (C=O) groups excluding carboxylic acids is 2. The van der Waals surface area contributed by atoms with Crippen LogP contribution in [-0.4, -0.2) is 70.2 Å². The molecule has 11 heteroatoms. The van der Waals surface area contributed by atoms with E-state index in [4.69, 9.17) is 17.3 Å². The Hall–Kier alpha value is -2.82. The first-order valence-corrected chi connectivity index (χ1v) is 12.8. The lowest BCUT2D eigenvalue weighted by Crippen LogP contribution is -2.56. The summed E-state index contributed by atoms with van der Waals surface area (Å²) >= 11 is 5.95. The van der Waals surface area contributed by atoms with Gasteiger partial charge in [0.25, 0.3) is 0 Å². The Morgan fingerprint density at radius 1 is 1.06 bits per heavy atom. The van der Waals surface area contributed by atoms with Crippen LogP contribution < -0.4 is 20.7 Å². The van der Waals surface area contributed by atoms with E-state index in [1.165, 1.54) is 0 Å². The summed E-state index contributed by atoms with van der Waals surface area (Å²) in [5.74, 6) is -0.587. The zero-order valence-electron chi connectivity index (χ0n) is 18.3. The van der Waals surface area contributed by atoms with Crippen molar-refractivity contribution in [3.8, 4) is 0 Å². The Morgan fingerprint density at radius 3 is 2.30 bits per heavy atom. The molecule has 4 N–H and O–H groups in total. The van der Waals surface area contributed by atoms with E-state index >= 15 is 0 Å². The lowest BCUT2D eigenvalue weighted by Gasteiger charge is -2.38. The van der Waals surface area contributed by atoms with E-state index in [2.05, 4.69) is 10.0 Å². The molecule has 0 unspecified atom stereocenters. The molecule has 0 bridgehead atoms. The zero-order valence-corrected chi connectivity index (χ0v) is 19.9. The quantitative estimate of drug-likeness (QED) is 0.504. The Labute approximate surface area is 198 Å². The minimum absolute atomic E-state index is 0.186. The number of hydrogen-bond donors (Lipinski definition) is 3. The number of sulfonamides is 1. The first-order chi connectivity index (χ1) is 15.7. The van der Waals surface area contributed by atoms with Gasteiger partial charge in [0.05, 0.1) is 24.2 Å². The molecule has 1 fully saturated rings. The molecule has 3 rings (SSSR count). The van der Waals surface area contributed by atoms with Crippen LogP contribution in [-0.2, 0) is 26.0 Å². The van der Waals surface area contributed by atoms with E-state index in [1.807, 2.05) is 29.2 Å². The molecule has 1 atom stereocenters. The Bertz CT molecular complexity index is 1090. The third-order valence-electron chi connectivity index (χ3n) is 5.30. The number of rotatable bonds is 8. The number of para-hydroxylation sites is 2. The molecule has 178 valence electrons. The second-order valence-corrected chi connectivity index (χ2v) is 10.0. The van der Waals surface area contributed by atoms with E-state index in [-0.39, 0.29) is 12.5 Å². The van der Waals surface area contributed by atoms with Crippen LogP contribution in [0.5, 0.6) is 0 Å². The van der Waals surface area contributed by atoms with E-state index in [9.17, 15) is 18.0 Å². The normalized spacial score (nSPS) is 15.1. The lowest BCUT2D eigenvalue weighted by atomic mass is 10.0. The first kappa shape index (κ1) is 24.8. The van der Waals surface area contributed by atoms with Crippen molar-refractivity contribution in [3.63, 3.8) is 0 Å². The van der Waals surface area contributed by atoms with Crippen LogP contribution in [0.4, 0.5) is 11.4 Å². The van der Waals surface area contributed by atoms with Gasteiger partial charge in [0.1, 0.15) is 6.04 Å². The van der Waals surface area contributed by atoms with Crippen LogP contribution in [0.3, 0.4) is 0 Å². The fourth-order valence-corrected chi connectivity index (χ4v) is 4.43. The van der Waals surface area contributed by atoms with Gasteiger partial charge in [0.2, 0.25) is 21.8 Å². The number of carbonyl (C=O) groups is 2. The number of anilines is 2.